The predicted molar refractivity (Wildman–Crippen MR) is 76.7 cm³/mol. The smallest absolute Gasteiger partial charge is 0.325 e. The third-order valence-corrected chi connectivity index (χ3v) is 2.62. The van der Waals surface area contributed by atoms with E-state index in [2.05, 4.69) is 10.6 Å². The molecule has 0 radical (unpaired) electrons. The molecule has 0 aliphatic carbocycles. The average Bonchev–Trinajstić information content (AvgIpc) is 2.51. The molecule has 2 amide bonds. The maximum atomic E-state index is 11.5. The minimum atomic E-state index is -1.15. The van der Waals surface area contributed by atoms with Crippen molar-refractivity contribution in [2.45, 2.75) is 13.0 Å². The summed E-state index contributed by atoms with van der Waals surface area (Å²) < 4.78 is 10.2. The molecule has 1 unspecified atom stereocenters. The van der Waals surface area contributed by atoms with Crippen LogP contribution in [0.3, 0.4) is 0 Å². The van der Waals surface area contributed by atoms with Crippen LogP contribution in [0.25, 0.3) is 0 Å². The molecule has 3 N–H and O–H groups in total. The molecule has 120 valence electrons. The lowest BCUT2D eigenvalue weighted by Crippen LogP contribution is -2.44. The first kappa shape index (κ1) is 17.3. The topological polar surface area (TPSA) is 114 Å². The largest absolute Gasteiger partial charge is 0.497 e. The second-order valence-electron chi connectivity index (χ2n) is 4.37. The molecule has 0 saturated carbocycles. The van der Waals surface area contributed by atoms with Crippen molar-refractivity contribution in [1.29, 1.82) is 0 Å². The zero-order valence-corrected chi connectivity index (χ0v) is 12.3. The SMILES string of the molecule is COc1ccc(OCC(=O)NCC(=O)NC(C)C(=O)O)cc1. The van der Waals surface area contributed by atoms with E-state index < -0.39 is 23.8 Å². The first-order valence-electron chi connectivity index (χ1n) is 6.48. The monoisotopic (exact) mass is 310 g/mol. The highest BCUT2D eigenvalue weighted by molar-refractivity contribution is 5.88. The maximum Gasteiger partial charge on any atom is 0.325 e. The highest BCUT2D eigenvalue weighted by atomic mass is 16.5. The van der Waals surface area contributed by atoms with Crippen molar-refractivity contribution >= 4 is 17.8 Å². The summed E-state index contributed by atoms with van der Waals surface area (Å²) in [6.45, 7) is 0.755. The Balaban J connectivity index is 2.28. The number of nitrogens with one attached hydrogen (secondary N) is 2. The number of carbonyl (C=O) groups is 3. The molecule has 0 aliphatic rings. The Morgan fingerprint density at radius 3 is 2.27 bits per heavy atom. The summed E-state index contributed by atoms with van der Waals surface area (Å²) in [5, 5.41) is 13.2. The second-order valence-corrected chi connectivity index (χ2v) is 4.37. The summed E-state index contributed by atoms with van der Waals surface area (Å²) in [7, 11) is 1.54. The molecule has 0 saturated heterocycles. The molecule has 0 aliphatic heterocycles. The third-order valence-electron chi connectivity index (χ3n) is 2.62. The van der Waals surface area contributed by atoms with Gasteiger partial charge in [0.05, 0.1) is 13.7 Å². The molecule has 0 aromatic heterocycles. The van der Waals surface area contributed by atoms with E-state index in [1.807, 2.05) is 0 Å². The van der Waals surface area contributed by atoms with Crippen LogP contribution in [0.4, 0.5) is 0 Å². The van der Waals surface area contributed by atoms with Crippen LogP contribution >= 0.6 is 0 Å². The lowest BCUT2D eigenvalue weighted by molar-refractivity contribution is -0.141. The minimum Gasteiger partial charge on any atom is -0.497 e. The van der Waals surface area contributed by atoms with Crippen LogP contribution in [0.15, 0.2) is 24.3 Å². The number of aliphatic carboxylic acids is 1. The van der Waals surface area contributed by atoms with Gasteiger partial charge in [-0.1, -0.05) is 0 Å². The summed E-state index contributed by atoms with van der Waals surface area (Å²) in [6, 6.07) is 5.66. The maximum absolute atomic E-state index is 11.5. The van der Waals surface area contributed by atoms with Crippen molar-refractivity contribution in [3.63, 3.8) is 0 Å². The molecule has 22 heavy (non-hydrogen) atoms. The lowest BCUT2D eigenvalue weighted by Gasteiger charge is -2.10. The normalized spacial score (nSPS) is 11.2. The number of carboxylic acids is 1. The van der Waals surface area contributed by atoms with E-state index in [1.165, 1.54) is 6.92 Å². The number of ether oxygens (including phenoxy) is 2. The van der Waals surface area contributed by atoms with Gasteiger partial charge in [-0.3, -0.25) is 14.4 Å². The van der Waals surface area contributed by atoms with Crippen LogP contribution in [-0.2, 0) is 14.4 Å². The van der Waals surface area contributed by atoms with E-state index >= 15 is 0 Å². The predicted octanol–water partition coefficient (Wildman–Crippen LogP) is -0.220. The van der Waals surface area contributed by atoms with Gasteiger partial charge in [0.25, 0.3) is 5.91 Å². The highest BCUT2D eigenvalue weighted by Gasteiger charge is 2.14. The standard InChI is InChI=1S/C14H18N2O6/c1-9(14(19)20)16-12(17)7-15-13(18)8-22-11-5-3-10(21-2)4-6-11/h3-6,9H,7-8H2,1-2H3,(H,15,18)(H,16,17)(H,19,20). The van der Waals surface area contributed by atoms with Gasteiger partial charge >= 0.3 is 5.97 Å². The van der Waals surface area contributed by atoms with E-state index in [4.69, 9.17) is 14.6 Å². The Morgan fingerprint density at radius 2 is 1.73 bits per heavy atom. The van der Waals surface area contributed by atoms with Gasteiger partial charge in [-0.25, -0.2) is 0 Å². The quantitative estimate of drug-likeness (QED) is 0.611. The zero-order valence-electron chi connectivity index (χ0n) is 12.3. The zero-order chi connectivity index (χ0) is 16.5. The van der Waals surface area contributed by atoms with Crippen LogP contribution in [0.2, 0.25) is 0 Å². The number of hydrogen-bond donors (Lipinski definition) is 3. The molecule has 0 fully saturated rings. The number of rotatable bonds is 8. The highest BCUT2D eigenvalue weighted by Crippen LogP contribution is 2.16. The molecule has 0 bridgehead atoms. The Hall–Kier alpha value is -2.77. The van der Waals surface area contributed by atoms with Crippen molar-refractivity contribution in [2.75, 3.05) is 20.3 Å². The first-order chi connectivity index (χ1) is 10.4. The van der Waals surface area contributed by atoms with Gasteiger partial charge in [-0.2, -0.15) is 0 Å². The Morgan fingerprint density at radius 1 is 1.14 bits per heavy atom. The van der Waals surface area contributed by atoms with Gasteiger partial charge in [0.1, 0.15) is 17.5 Å². The van der Waals surface area contributed by atoms with Gasteiger partial charge in [0.15, 0.2) is 6.61 Å². The van der Waals surface area contributed by atoms with Gasteiger partial charge in [0.2, 0.25) is 5.91 Å². The Bertz CT molecular complexity index is 529. The lowest BCUT2D eigenvalue weighted by atomic mass is 10.3. The van der Waals surface area contributed by atoms with Gasteiger partial charge in [-0.15, -0.1) is 0 Å². The molecule has 1 rings (SSSR count). The van der Waals surface area contributed by atoms with Gasteiger partial charge in [0, 0.05) is 0 Å². The number of methoxy groups -OCH3 is 1. The third kappa shape index (κ3) is 6.12. The van der Waals surface area contributed by atoms with E-state index in [1.54, 1.807) is 31.4 Å². The number of benzene rings is 1. The Kier molecular flexibility index (Phi) is 6.68. The van der Waals surface area contributed by atoms with Gasteiger partial charge < -0.3 is 25.2 Å². The number of carboxylic acid groups (broad SMARTS) is 1. The van der Waals surface area contributed by atoms with Crippen molar-refractivity contribution < 1.29 is 29.0 Å². The molecule has 0 heterocycles. The summed E-state index contributed by atoms with van der Waals surface area (Å²) in [6.07, 6.45) is 0. The van der Waals surface area contributed by atoms with Crippen LogP contribution in [0, 0.1) is 0 Å². The van der Waals surface area contributed by atoms with E-state index in [0.717, 1.165) is 0 Å². The van der Waals surface area contributed by atoms with Crippen LogP contribution in [0.5, 0.6) is 11.5 Å². The number of hydrogen-bond acceptors (Lipinski definition) is 5. The Labute approximate surface area is 127 Å². The van der Waals surface area contributed by atoms with Crippen LogP contribution in [0.1, 0.15) is 6.92 Å². The first-order valence-corrected chi connectivity index (χ1v) is 6.48. The number of amides is 2. The number of carbonyl (C=O) groups excluding carboxylic acids is 2. The van der Waals surface area contributed by atoms with Gasteiger partial charge in [-0.05, 0) is 31.2 Å². The molecule has 1 atom stereocenters. The van der Waals surface area contributed by atoms with E-state index in [-0.39, 0.29) is 13.2 Å². The van der Waals surface area contributed by atoms with E-state index in [9.17, 15) is 14.4 Å². The summed E-state index contributed by atoms with van der Waals surface area (Å²) in [5.41, 5.74) is 0. The molecular weight excluding hydrogens is 292 g/mol. The average molecular weight is 310 g/mol. The molecule has 1 aromatic carbocycles. The summed E-state index contributed by atoms with van der Waals surface area (Å²) in [5.74, 6) is -1.08. The fourth-order valence-electron chi connectivity index (χ4n) is 1.40. The van der Waals surface area contributed by atoms with Crippen molar-refractivity contribution in [1.82, 2.24) is 10.6 Å². The summed E-state index contributed by atoms with van der Waals surface area (Å²) in [4.78, 5) is 33.4. The fraction of sp³-hybridized carbons (Fsp3) is 0.357. The summed E-state index contributed by atoms with van der Waals surface area (Å²) >= 11 is 0. The van der Waals surface area contributed by atoms with Crippen LogP contribution in [-0.4, -0.2) is 49.2 Å². The second kappa shape index (κ2) is 8.50. The molecular formula is C14H18N2O6. The molecule has 1 aromatic rings. The molecule has 8 heteroatoms. The fourth-order valence-corrected chi connectivity index (χ4v) is 1.40. The van der Waals surface area contributed by atoms with Crippen molar-refractivity contribution in [3.8, 4) is 11.5 Å². The van der Waals surface area contributed by atoms with E-state index in [0.29, 0.717) is 11.5 Å². The van der Waals surface area contributed by atoms with Crippen molar-refractivity contribution in [3.05, 3.63) is 24.3 Å². The molecule has 8 nitrogen and oxygen atoms in total. The van der Waals surface area contributed by atoms with Crippen molar-refractivity contribution in [2.24, 2.45) is 0 Å². The van der Waals surface area contributed by atoms with Crippen LogP contribution < -0.4 is 20.1 Å². The molecule has 0 spiro atoms. The minimum absolute atomic E-state index is 0.256.